The Balaban J connectivity index is 1.37. The van der Waals surface area contributed by atoms with Gasteiger partial charge >= 0.3 is 0 Å². The van der Waals surface area contributed by atoms with Gasteiger partial charge in [0, 0.05) is 35.8 Å². The number of benzene rings is 1. The molecular formula is C18H20N2O4. The molecule has 1 aromatic carbocycles. The SMILES string of the molecule is COc1ccc(Oc2ccc(C(=O)NC3CC4CCC3N4)cc2)o1. The minimum absolute atomic E-state index is 0.0411. The minimum Gasteiger partial charge on any atom is -0.468 e. The van der Waals surface area contributed by atoms with Crippen LogP contribution >= 0.6 is 0 Å². The molecule has 0 saturated carbocycles. The van der Waals surface area contributed by atoms with E-state index in [1.807, 2.05) is 0 Å². The van der Waals surface area contributed by atoms with Crippen LogP contribution in [-0.4, -0.2) is 31.1 Å². The molecule has 24 heavy (non-hydrogen) atoms. The Morgan fingerprint density at radius 3 is 2.58 bits per heavy atom. The van der Waals surface area contributed by atoms with Crippen molar-refractivity contribution in [3.05, 3.63) is 42.0 Å². The van der Waals surface area contributed by atoms with Crippen LogP contribution in [0.3, 0.4) is 0 Å². The summed E-state index contributed by atoms with van der Waals surface area (Å²) in [7, 11) is 1.53. The fourth-order valence-corrected chi connectivity index (χ4v) is 3.49. The van der Waals surface area contributed by atoms with Gasteiger partial charge in [-0.15, -0.1) is 0 Å². The molecule has 2 fully saturated rings. The number of rotatable bonds is 5. The number of carbonyl (C=O) groups is 1. The Hall–Kier alpha value is -2.47. The zero-order chi connectivity index (χ0) is 16.5. The average molecular weight is 328 g/mol. The molecule has 2 saturated heterocycles. The van der Waals surface area contributed by atoms with Crippen molar-refractivity contribution >= 4 is 5.91 Å². The molecule has 0 radical (unpaired) electrons. The van der Waals surface area contributed by atoms with E-state index in [0.29, 0.717) is 35.3 Å². The van der Waals surface area contributed by atoms with Crippen LogP contribution in [0.15, 0.2) is 40.8 Å². The van der Waals surface area contributed by atoms with Crippen LogP contribution in [0.4, 0.5) is 0 Å². The second-order valence-corrected chi connectivity index (χ2v) is 6.27. The second-order valence-electron chi connectivity index (χ2n) is 6.27. The maximum absolute atomic E-state index is 12.4. The first-order chi connectivity index (χ1) is 11.7. The number of nitrogens with one attached hydrogen (secondary N) is 2. The number of fused-ring (bicyclic) bond motifs is 2. The van der Waals surface area contributed by atoms with E-state index in [1.54, 1.807) is 36.4 Å². The summed E-state index contributed by atoms with van der Waals surface area (Å²) in [4.78, 5) is 12.4. The van der Waals surface area contributed by atoms with Crippen molar-refractivity contribution in [1.29, 1.82) is 0 Å². The lowest BCUT2D eigenvalue weighted by Crippen LogP contribution is -2.42. The molecule has 3 unspecified atom stereocenters. The van der Waals surface area contributed by atoms with Gasteiger partial charge in [0.1, 0.15) is 5.75 Å². The zero-order valence-corrected chi connectivity index (χ0v) is 13.5. The molecule has 2 aliphatic heterocycles. The summed E-state index contributed by atoms with van der Waals surface area (Å²) in [5.41, 5.74) is 0.627. The van der Waals surface area contributed by atoms with E-state index in [-0.39, 0.29) is 11.9 Å². The first kappa shape index (κ1) is 15.1. The molecule has 3 heterocycles. The molecule has 0 aliphatic carbocycles. The van der Waals surface area contributed by atoms with E-state index >= 15 is 0 Å². The fourth-order valence-electron chi connectivity index (χ4n) is 3.49. The van der Waals surface area contributed by atoms with Crippen LogP contribution in [0.2, 0.25) is 0 Å². The highest BCUT2D eigenvalue weighted by Crippen LogP contribution is 2.29. The summed E-state index contributed by atoms with van der Waals surface area (Å²) in [6.45, 7) is 0. The van der Waals surface area contributed by atoms with Gasteiger partial charge in [-0.3, -0.25) is 4.79 Å². The number of carbonyl (C=O) groups excluding carboxylic acids is 1. The lowest BCUT2D eigenvalue weighted by molar-refractivity contribution is 0.0931. The Bertz CT molecular complexity index is 725. The molecule has 2 aliphatic rings. The van der Waals surface area contributed by atoms with Gasteiger partial charge in [0.15, 0.2) is 0 Å². The molecule has 1 amide bonds. The number of hydrogen-bond donors (Lipinski definition) is 2. The van der Waals surface area contributed by atoms with Gasteiger partial charge < -0.3 is 24.5 Å². The van der Waals surface area contributed by atoms with Gasteiger partial charge in [-0.2, -0.15) is 0 Å². The van der Waals surface area contributed by atoms with Crippen LogP contribution < -0.4 is 20.1 Å². The first-order valence-corrected chi connectivity index (χ1v) is 8.20. The van der Waals surface area contributed by atoms with Crippen molar-refractivity contribution in [3.63, 3.8) is 0 Å². The minimum atomic E-state index is -0.0411. The molecule has 2 N–H and O–H groups in total. The number of amides is 1. The smallest absolute Gasteiger partial charge is 0.292 e. The third-order valence-electron chi connectivity index (χ3n) is 4.71. The molecule has 6 heteroatoms. The van der Waals surface area contributed by atoms with E-state index in [1.165, 1.54) is 13.5 Å². The molecule has 0 spiro atoms. The summed E-state index contributed by atoms with van der Waals surface area (Å²) in [6.07, 6.45) is 3.40. The number of ether oxygens (including phenoxy) is 2. The lowest BCUT2D eigenvalue weighted by Gasteiger charge is -2.21. The van der Waals surface area contributed by atoms with Crippen molar-refractivity contribution in [2.45, 2.75) is 37.4 Å². The van der Waals surface area contributed by atoms with Gasteiger partial charge in [0.2, 0.25) is 0 Å². The van der Waals surface area contributed by atoms with E-state index in [9.17, 15) is 4.79 Å². The predicted octanol–water partition coefficient (Wildman–Crippen LogP) is 2.70. The largest absolute Gasteiger partial charge is 0.468 e. The normalized spacial score (nSPS) is 24.8. The van der Waals surface area contributed by atoms with E-state index < -0.39 is 0 Å². The summed E-state index contributed by atoms with van der Waals surface area (Å²) >= 11 is 0. The van der Waals surface area contributed by atoms with Gasteiger partial charge in [-0.25, -0.2) is 0 Å². The Labute approximate surface area is 140 Å². The molecule has 126 valence electrons. The highest BCUT2D eigenvalue weighted by Gasteiger charge is 2.39. The van der Waals surface area contributed by atoms with Crippen LogP contribution in [-0.2, 0) is 0 Å². The summed E-state index contributed by atoms with van der Waals surface area (Å²) in [5, 5.41) is 6.65. The molecule has 4 rings (SSSR count). The lowest BCUT2D eigenvalue weighted by atomic mass is 9.95. The van der Waals surface area contributed by atoms with E-state index in [2.05, 4.69) is 10.6 Å². The van der Waals surface area contributed by atoms with Crippen LogP contribution in [0.1, 0.15) is 29.6 Å². The Morgan fingerprint density at radius 1 is 1.17 bits per heavy atom. The number of furan rings is 1. The summed E-state index contributed by atoms with van der Waals surface area (Å²) in [5.74, 6) is 1.29. The highest BCUT2D eigenvalue weighted by molar-refractivity contribution is 5.94. The standard InChI is InChI=1S/C18H20N2O4/c1-22-16-8-9-17(24-16)23-13-5-2-11(3-6-13)18(21)20-15-10-12-4-7-14(15)19-12/h2-3,5-6,8-9,12,14-15,19H,4,7,10H2,1H3,(H,20,21). The molecular weight excluding hydrogens is 308 g/mol. The average Bonchev–Trinajstić information content (AvgIpc) is 3.32. The maximum Gasteiger partial charge on any atom is 0.292 e. The molecule has 3 atom stereocenters. The predicted molar refractivity (Wildman–Crippen MR) is 87.6 cm³/mol. The van der Waals surface area contributed by atoms with Crippen LogP contribution in [0.25, 0.3) is 0 Å². The quantitative estimate of drug-likeness (QED) is 0.883. The van der Waals surface area contributed by atoms with Gasteiger partial charge in [-0.1, -0.05) is 0 Å². The Morgan fingerprint density at radius 2 is 1.96 bits per heavy atom. The molecule has 2 bridgehead atoms. The van der Waals surface area contributed by atoms with Gasteiger partial charge in [0.05, 0.1) is 7.11 Å². The number of methoxy groups -OCH3 is 1. The summed E-state index contributed by atoms with van der Waals surface area (Å²) in [6, 6.07) is 11.6. The fraction of sp³-hybridized carbons (Fsp3) is 0.389. The van der Waals surface area contributed by atoms with Crippen LogP contribution in [0.5, 0.6) is 17.6 Å². The molecule has 6 nitrogen and oxygen atoms in total. The highest BCUT2D eigenvalue weighted by atomic mass is 16.6. The first-order valence-electron chi connectivity index (χ1n) is 8.20. The van der Waals surface area contributed by atoms with Gasteiger partial charge in [-0.05, 0) is 43.5 Å². The molecule has 1 aromatic heterocycles. The molecule has 2 aromatic rings. The number of hydrogen-bond acceptors (Lipinski definition) is 5. The van der Waals surface area contributed by atoms with E-state index in [0.717, 1.165) is 12.8 Å². The third-order valence-corrected chi connectivity index (χ3v) is 4.71. The van der Waals surface area contributed by atoms with Crippen molar-refractivity contribution < 1.29 is 18.7 Å². The van der Waals surface area contributed by atoms with Crippen molar-refractivity contribution in [2.24, 2.45) is 0 Å². The van der Waals surface area contributed by atoms with Gasteiger partial charge in [0.25, 0.3) is 17.8 Å². The van der Waals surface area contributed by atoms with Crippen molar-refractivity contribution in [1.82, 2.24) is 10.6 Å². The Kier molecular flexibility index (Phi) is 3.90. The second kappa shape index (κ2) is 6.20. The monoisotopic (exact) mass is 328 g/mol. The van der Waals surface area contributed by atoms with E-state index in [4.69, 9.17) is 13.9 Å². The van der Waals surface area contributed by atoms with Crippen molar-refractivity contribution in [2.75, 3.05) is 7.11 Å². The zero-order valence-electron chi connectivity index (χ0n) is 13.5. The topological polar surface area (TPSA) is 72.7 Å². The van der Waals surface area contributed by atoms with Crippen molar-refractivity contribution in [3.8, 4) is 17.6 Å². The third kappa shape index (κ3) is 2.97. The van der Waals surface area contributed by atoms with Crippen LogP contribution in [0, 0.1) is 0 Å². The summed E-state index contributed by atoms with van der Waals surface area (Å²) < 4.78 is 15.8. The maximum atomic E-state index is 12.4.